The van der Waals surface area contributed by atoms with Crippen LogP contribution in [-0.2, 0) is 4.74 Å². The van der Waals surface area contributed by atoms with Crippen molar-refractivity contribution in [3.05, 3.63) is 87.7 Å². The Labute approximate surface area is 205 Å². The van der Waals surface area contributed by atoms with E-state index in [2.05, 4.69) is 21.7 Å². The fourth-order valence-corrected chi connectivity index (χ4v) is 4.00. The minimum Gasteiger partial charge on any atom is -0.465 e. The van der Waals surface area contributed by atoms with Crippen molar-refractivity contribution in [1.29, 1.82) is 0 Å². The molecule has 35 heavy (non-hydrogen) atoms. The van der Waals surface area contributed by atoms with E-state index in [9.17, 15) is 14.7 Å². The van der Waals surface area contributed by atoms with Crippen molar-refractivity contribution in [2.45, 2.75) is 20.0 Å². The van der Waals surface area contributed by atoms with Crippen molar-refractivity contribution in [2.24, 2.45) is 0 Å². The molecule has 0 amide bonds. The molecule has 0 bridgehead atoms. The maximum absolute atomic E-state index is 15.1. The summed E-state index contributed by atoms with van der Waals surface area (Å²) in [6, 6.07) is 14.0. The number of aromatic nitrogens is 2. The smallest absolute Gasteiger partial charge is 0.337 e. The van der Waals surface area contributed by atoms with Crippen molar-refractivity contribution in [3.8, 4) is 23.1 Å². The maximum atomic E-state index is 15.1. The van der Waals surface area contributed by atoms with E-state index >= 15 is 4.39 Å². The standard InChI is InChI=1S/C27H20ClFN2O4/c1-15-5-4-6-21(28)24(15)26(33)31-23-13-17(8-7-16(2)32)9-11-20(23)25(30-31)19-12-10-18(14-22(19)29)27(34)35-3/h4-6,9-14,16,32H,1-3H3. The van der Waals surface area contributed by atoms with Crippen molar-refractivity contribution in [1.82, 2.24) is 9.78 Å². The summed E-state index contributed by atoms with van der Waals surface area (Å²) in [6.07, 6.45) is -0.832. The molecule has 4 aromatic rings. The molecule has 0 saturated carbocycles. The van der Waals surface area contributed by atoms with E-state index in [0.29, 0.717) is 22.0 Å². The Balaban J connectivity index is 1.96. The number of fused-ring (bicyclic) bond motifs is 1. The minimum absolute atomic E-state index is 0.0518. The van der Waals surface area contributed by atoms with Crippen LogP contribution in [0.1, 0.15) is 38.8 Å². The summed E-state index contributed by atoms with van der Waals surface area (Å²) >= 11 is 6.34. The van der Waals surface area contributed by atoms with Gasteiger partial charge in [-0.15, -0.1) is 0 Å². The highest BCUT2D eigenvalue weighted by Gasteiger charge is 2.23. The molecule has 0 spiro atoms. The topological polar surface area (TPSA) is 81.4 Å². The van der Waals surface area contributed by atoms with Crippen LogP contribution >= 0.6 is 11.6 Å². The summed E-state index contributed by atoms with van der Waals surface area (Å²) < 4.78 is 20.9. The number of esters is 1. The van der Waals surface area contributed by atoms with E-state index in [-0.39, 0.29) is 27.4 Å². The van der Waals surface area contributed by atoms with Crippen molar-refractivity contribution < 1.29 is 23.8 Å². The molecular formula is C27H20ClFN2O4. The first-order chi connectivity index (χ1) is 16.7. The number of ether oxygens (including phenoxy) is 1. The van der Waals surface area contributed by atoms with Gasteiger partial charge in [-0.05, 0) is 61.9 Å². The molecule has 1 unspecified atom stereocenters. The predicted octanol–water partition coefficient (Wildman–Crippen LogP) is 5.01. The lowest BCUT2D eigenvalue weighted by atomic mass is 10.0. The zero-order valence-corrected chi connectivity index (χ0v) is 19.9. The number of carbonyl (C=O) groups is 2. The highest BCUT2D eigenvalue weighted by molar-refractivity contribution is 6.34. The molecule has 1 N–H and O–H groups in total. The van der Waals surface area contributed by atoms with E-state index in [0.717, 1.165) is 6.07 Å². The summed E-state index contributed by atoms with van der Waals surface area (Å²) in [5.41, 5.74) is 2.22. The SMILES string of the molecule is COC(=O)c1ccc(-c2nn(C(=O)c3c(C)cccc3Cl)c3cc(C#CC(C)O)ccc23)c(F)c1. The van der Waals surface area contributed by atoms with Crippen LogP contribution in [0.15, 0.2) is 54.6 Å². The molecule has 1 atom stereocenters. The van der Waals surface area contributed by atoms with Crippen molar-refractivity contribution >= 4 is 34.4 Å². The third-order valence-electron chi connectivity index (χ3n) is 5.38. The quantitative estimate of drug-likeness (QED) is 0.322. The van der Waals surface area contributed by atoms with Crippen LogP contribution in [-0.4, -0.2) is 40.0 Å². The van der Waals surface area contributed by atoms with E-state index < -0.39 is 23.8 Å². The van der Waals surface area contributed by atoms with E-state index in [4.69, 9.17) is 11.6 Å². The van der Waals surface area contributed by atoms with E-state index in [1.54, 1.807) is 50.2 Å². The zero-order valence-electron chi connectivity index (χ0n) is 19.1. The van der Waals surface area contributed by atoms with Crippen LogP contribution in [0.2, 0.25) is 5.02 Å². The number of nitrogens with zero attached hydrogens (tertiary/aromatic N) is 2. The van der Waals surface area contributed by atoms with Gasteiger partial charge in [0.05, 0.1) is 28.8 Å². The number of rotatable bonds is 3. The van der Waals surface area contributed by atoms with Gasteiger partial charge in [0.15, 0.2) is 0 Å². The zero-order chi connectivity index (χ0) is 25.3. The number of hydrogen-bond acceptors (Lipinski definition) is 5. The molecule has 8 heteroatoms. The molecule has 6 nitrogen and oxygen atoms in total. The number of aliphatic hydroxyl groups excluding tert-OH is 1. The van der Waals surface area contributed by atoms with Gasteiger partial charge in [-0.3, -0.25) is 4.79 Å². The van der Waals surface area contributed by atoms with Gasteiger partial charge in [0.2, 0.25) is 0 Å². The molecule has 0 aliphatic carbocycles. The van der Waals surface area contributed by atoms with Crippen molar-refractivity contribution in [2.75, 3.05) is 7.11 Å². The normalized spacial score (nSPS) is 11.6. The van der Waals surface area contributed by atoms with Gasteiger partial charge in [0.1, 0.15) is 17.6 Å². The second-order valence-electron chi connectivity index (χ2n) is 7.86. The van der Waals surface area contributed by atoms with Gasteiger partial charge in [0, 0.05) is 16.5 Å². The Morgan fingerprint density at radius 2 is 1.94 bits per heavy atom. The van der Waals surface area contributed by atoms with Crippen LogP contribution in [0, 0.1) is 24.6 Å². The van der Waals surface area contributed by atoms with Crippen LogP contribution in [0.5, 0.6) is 0 Å². The monoisotopic (exact) mass is 490 g/mol. The second-order valence-corrected chi connectivity index (χ2v) is 8.27. The van der Waals surface area contributed by atoms with Crippen molar-refractivity contribution in [3.63, 3.8) is 0 Å². The largest absolute Gasteiger partial charge is 0.465 e. The van der Waals surface area contributed by atoms with Crippen LogP contribution < -0.4 is 0 Å². The molecule has 1 heterocycles. The predicted molar refractivity (Wildman–Crippen MR) is 131 cm³/mol. The molecule has 0 aliphatic rings. The lowest BCUT2D eigenvalue weighted by Crippen LogP contribution is -2.15. The average Bonchev–Trinajstić information content (AvgIpc) is 3.20. The Hall–Kier alpha value is -3.99. The van der Waals surface area contributed by atoms with E-state index in [1.807, 2.05) is 0 Å². The first-order valence-electron chi connectivity index (χ1n) is 10.6. The molecule has 0 saturated heterocycles. The summed E-state index contributed by atoms with van der Waals surface area (Å²) in [5, 5.41) is 14.7. The lowest BCUT2D eigenvalue weighted by molar-refractivity contribution is 0.0600. The second kappa shape index (κ2) is 9.71. The van der Waals surface area contributed by atoms with Gasteiger partial charge in [0.25, 0.3) is 5.91 Å². The summed E-state index contributed by atoms with van der Waals surface area (Å²) in [4.78, 5) is 25.4. The maximum Gasteiger partial charge on any atom is 0.337 e. The number of carbonyl (C=O) groups excluding carboxylic acids is 2. The van der Waals surface area contributed by atoms with Crippen LogP contribution in [0.4, 0.5) is 4.39 Å². The molecule has 0 radical (unpaired) electrons. The number of aliphatic hydroxyl groups is 1. The fourth-order valence-electron chi connectivity index (χ4n) is 3.69. The van der Waals surface area contributed by atoms with Crippen LogP contribution in [0.3, 0.4) is 0 Å². The third-order valence-corrected chi connectivity index (χ3v) is 5.69. The number of halogens is 2. The molecule has 1 aromatic heterocycles. The summed E-state index contributed by atoms with van der Waals surface area (Å²) in [6.45, 7) is 3.30. The first-order valence-corrected chi connectivity index (χ1v) is 11.0. The number of hydrogen-bond donors (Lipinski definition) is 1. The molecular weight excluding hydrogens is 471 g/mol. The highest BCUT2D eigenvalue weighted by Crippen LogP contribution is 2.32. The highest BCUT2D eigenvalue weighted by atomic mass is 35.5. The van der Waals surface area contributed by atoms with Gasteiger partial charge in [-0.25, -0.2) is 9.18 Å². The van der Waals surface area contributed by atoms with Gasteiger partial charge >= 0.3 is 5.97 Å². The Morgan fingerprint density at radius 1 is 1.17 bits per heavy atom. The molecule has 176 valence electrons. The molecule has 0 fully saturated rings. The van der Waals surface area contributed by atoms with E-state index in [1.165, 1.54) is 23.9 Å². The fraction of sp³-hybridized carbons (Fsp3) is 0.148. The molecule has 4 rings (SSSR count). The third kappa shape index (κ3) is 4.67. The Bertz CT molecular complexity index is 1530. The summed E-state index contributed by atoms with van der Waals surface area (Å²) in [5.74, 6) is 3.65. The Morgan fingerprint density at radius 3 is 2.60 bits per heavy atom. The van der Waals surface area contributed by atoms with Gasteiger partial charge in [-0.1, -0.05) is 35.6 Å². The number of methoxy groups -OCH3 is 1. The average molecular weight is 491 g/mol. The van der Waals surface area contributed by atoms with Gasteiger partial charge in [-0.2, -0.15) is 9.78 Å². The summed E-state index contributed by atoms with van der Waals surface area (Å²) in [7, 11) is 1.21. The van der Waals surface area contributed by atoms with Crippen LogP contribution in [0.25, 0.3) is 22.2 Å². The molecule has 3 aromatic carbocycles. The van der Waals surface area contributed by atoms with Gasteiger partial charge < -0.3 is 9.84 Å². The number of benzene rings is 3. The Kier molecular flexibility index (Phi) is 6.70. The number of aryl methyl sites for hydroxylation is 1. The first kappa shape index (κ1) is 24.1. The lowest BCUT2D eigenvalue weighted by Gasteiger charge is -2.08. The minimum atomic E-state index is -0.832. The molecule has 0 aliphatic heterocycles.